The Labute approximate surface area is 52.4 Å². The van der Waals surface area contributed by atoms with Gasteiger partial charge >= 0.3 is 5.97 Å². The number of amides is 1. The summed E-state index contributed by atoms with van der Waals surface area (Å²) in [5.74, 6) is -2.10. The third kappa shape index (κ3) is 6.96. The summed E-state index contributed by atoms with van der Waals surface area (Å²) in [4.78, 5) is 23.5. The third-order valence-electron chi connectivity index (χ3n) is 0.368. The number of aliphatic carboxylic acids is 1. The number of carbonyl (C=O) groups excluding carboxylic acids is 1. The van der Waals surface area contributed by atoms with Crippen molar-refractivity contribution in [3.8, 4) is 0 Å². The van der Waals surface area contributed by atoms with Crippen LogP contribution in [0, 0.1) is 0 Å². The van der Waals surface area contributed by atoms with E-state index >= 15 is 0 Å². The lowest BCUT2D eigenvalue weighted by atomic mass is 10.1. The Balaban J connectivity index is 3.10. The molecule has 0 saturated heterocycles. The van der Waals surface area contributed by atoms with Gasteiger partial charge in [0, 0.05) is 0 Å². The Kier molecular flexibility index (Phi) is 3.46. The van der Waals surface area contributed by atoms with Crippen LogP contribution in [0.4, 0.5) is 4.79 Å². The van der Waals surface area contributed by atoms with Gasteiger partial charge in [-0.25, -0.2) is 10.3 Å². The molecule has 0 aliphatic heterocycles. The molecule has 9 heavy (non-hydrogen) atoms. The maximum atomic E-state index is 9.77. The van der Waals surface area contributed by atoms with E-state index in [0.717, 1.165) is 0 Å². The van der Waals surface area contributed by atoms with E-state index in [1.165, 1.54) is 0 Å². The van der Waals surface area contributed by atoms with E-state index < -0.39 is 18.4 Å². The summed E-state index contributed by atoms with van der Waals surface area (Å²) >= 11 is 0. The molecule has 1 amide bonds. The number of nitrogens with one attached hydrogen (secondary N) is 1. The fourth-order valence-electron chi connectivity index (χ4n) is 0.169. The summed E-state index contributed by atoms with van der Waals surface area (Å²) in [7, 11) is 4.51. The van der Waals surface area contributed by atoms with E-state index in [1.54, 1.807) is 5.48 Å². The van der Waals surface area contributed by atoms with Gasteiger partial charge in [-0.3, -0.25) is 9.63 Å². The molecule has 5 nitrogen and oxygen atoms in total. The predicted octanol–water partition coefficient (Wildman–Crippen LogP) is -1.12. The zero-order valence-corrected chi connectivity index (χ0v) is 4.46. The highest BCUT2D eigenvalue weighted by Crippen LogP contribution is 1.66. The molecule has 0 aromatic heterocycles. The largest absolute Gasteiger partial charge is 0.479 e. The topological polar surface area (TPSA) is 75.6 Å². The maximum absolute atomic E-state index is 9.77. The molecule has 0 aliphatic carbocycles. The van der Waals surface area contributed by atoms with Crippen LogP contribution in [0.15, 0.2) is 0 Å². The van der Waals surface area contributed by atoms with Crippen molar-refractivity contribution in [3.63, 3.8) is 0 Å². The van der Waals surface area contributed by atoms with Crippen molar-refractivity contribution in [1.82, 2.24) is 5.48 Å². The molecule has 0 atom stereocenters. The fourth-order valence-corrected chi connectivity index (χ4v) is 0.169. The SMILES string of the molecule is [B]C(=O)NOCC(=O)O. The van der Waals surface area contributed by atoms with Gasteiger partial charge in [-0.2, -0.15) is 0 Å². The molecule has 0 aromatic carbocycles. The summed E-state index contributed by atoms with van der Waals surface area (Å²) < 4.78 is 0. The van der Waals surface area contributed by atoms with Gasteiger partial charge < -0.3 is 5.11 Å². The first-order chi connectivity index (χ1) is 4.13. The minimum atomic E-state index is -1.18. The van der Waals surface area contributed by atoms with Crippen molar-refractivity contribution in [1.29, 1.82) is 0 Å². The highest BCUT2D eigenvalue weighted by atomic mass is 16.7. The molecule has 0 rings (SSSR count). The van der Waals surface area contributed by atoms with Crippen LogP contribution in [0.25, 0.3) is 0 Å². The monoisotopic (exact) mass is 129 g/mol. The number of hydroxylamine groups is 1. The highest BCUT2D eigenvalue weighted by molar-refractivity contribution is 6.56. The highest BCUT2D eigenvalue weighted by Gasteiger charge is 1.95. The lowest BCUT2D eigenvalue weighted by Crippen LogP contribution is -2.25. The van der Waals surface area contributed by atoms with Crippen LogP contribution in [0.5, 0.6) is 0 Å². The van der Waals surface area contributed by atoms with Crippen LogP contribution < -0.4 is 5.48 Å². The van der Waals surface area contributed by atoms with Gasteiger partial charge in [0.05, 0.1) is 0 Å². The van der Waals surface area contributed by atoms with E-state index in [9.17, 15) is 9.59 Å². The van der Waals surface area contributed by atoms with Crippen LogP contribution in [-0.2, 0) is 9.63 Å². The van der Waals surface area contributed by atoms with E-state index in [-0.39, 0.29) is 0 Å². The first-order valence-corrected chi connectivity index (χ1v) is 2.02. The zero-order valence-electron chi connectivity index (χ0n) is 4.46. The van der Waals surface area contributed by atoms with Crippen LogP contribution >= 0.6 is 0 Å². The van der Waals surface area contributed by atoms with Gasteiger partial charge in [0.1, 0.15) is 0 Å². The number of hydrogen-bond donors (Lipinski definition) is 2. The minimum absolute atomic E-state index is 0.594. The fraction of sp³-hybridized carbons (Fsp3) is 0.333. The van der Waals surface area contributed by atoms with Gasteiger partial charge in [-0.1, -0.05) is 0 Å². The number of rotatable bonds is 3. The van der Waals surface area contributed by atoms with E-state index in [1.807, 2.05) is 0 Å². The molecular weight excluding hydrogens is 125 g/mol. The summed E-state index contributed by atoms with van der Waals surface area (Å²) in [5, 5.41) is 7.91. The van der Waals surface area contributed by atoms with E-state index in [0.29, 0.717) is 0 Å². The average molecular weight is 129 g/mol. The molecule has 48 valence electrons. The molecule has 0 aliphatic rings. The smallest absolute Gasteiger partial charge is 0.332 e. The second-order valence-corrected chi connectivity index (χ2v) is 1.15. The van der Waals surface area contributed by atoms with E-state index in [2.05, 4.69) is 12.7 Å². The van der Waals surface area contributed by atoms with Crippen LogP contribution in [0.3, 0.4) is 0 Å². The summed E-state index contributed by atoms with van der Waals surface area (Å²) in [5.41, 5.74) is 1.63. The maximum Gasteiger partial charge on any atom is 0.332 e. The molecule has 0 fully saturated rings. The van der Waals surface area contributed by atoms with Crippen LogP contribution in [0.1, 0.15) is 0 Å². The Hall–Kier alpha value is -1.04. The lowest BCUT2D eigenvalue weighted by Gasteiger charge is -1.97. The zero-order chi connectivity index (χ0) is 7.28. The van der Waals surface area contributed by atoms with Crippen molar-refractivity contribution < 1.29 is 19.5 Å². The molecule has 0 spiro atoms. The van der Waals surface area contributed by atoms with Crippen LogP contribution in [-0.4, -0.2) is 31.3 Å². The Morgan fingerprint density at radius 2 is 2.22 bits per heavy atom. The first-order valence-electron chi connectivity index (χ1n) is 2.02. The molecule has 0 heterocycles. The van der Waals surface area contributed by atoms with Crippen LogP contribution in [0.2, 0.25) is 0 Å². The Bertz CT molecular complexity index is 111. The molecule has 0 saturated carbocycles. The Morgan fingerprint density at radius 1 is 1.67 bits per heavy atom. The van der Waals surface area contributed by atoms with Gasteiger partial charge in [-0.05, 0) is 0 Å². The average Bonchev–Trinajstić information content (AvgIpc) is 1.63. The summed E-state index contributed by atoms with van der Waals surface area (Å²) in [6, 6.07) is 0. The summed E-state index contributed by atoms with van der Waals surface area (Å²) in [6.07, 6.45) is 0. The van der Waals surface area contributed by atoms with Crippen molar-refractivity contribution in [2.45, 2.75) is 0 Å². The molecule has 6 heteroatoms. The first kappa shape index (κ1) is 7.96. The van der Waals surface area contributed by atoms with Gasteiger partial charge in [0.25, 0.3) is 0 Å². The van der Waals surface area contributed by atoms with Crippen molar-refractivity contribution >= 4 is 19.6 Å². The van der Waals surface area contributed by atoms with E-state index in [4.69, 9.17) is 5.11 Å². The molecule has 2 N–H and O–H groups in total. The standard InChI is InChI=1S/C3H4BNO4/c4-3(8)5-9-1-2(6)7/h1H2,(H,5,8)(H,6,7). The Morgan fingerprint density at radius 3 is 2.56 bits per heavy atom. The number of hydrogen-bond acceptors (Lipinski definition) is 3. The second-order valence-electron chi connectivity index (χ2n) is 1.15. The third-order valence-corrected chi connectivity index (χ3v) is 0.368. The second kappa shape index (κ2) is 3.91. The lowest BCUT2D eigenvalue weighted by molar-refractivity contribution is -0.143. The normalized spacial score (nSPS) is 8.44. The molecular formula is C3H4BNO4. The molecule has 2 radical (unpaired) electrons. The minimum Gasteiger partial charge on any atom is -0.479 e. The molecule has 0 bridgehead atoms. The number of carboxylic acids is 1. The summed E-state index contributed by atoms with van der Waals surface area (Å²) in [6.45, 7) is -0.594. The molecule has 0 unspecified atom stereocenters. The predicted molar refractivity (Wildman–Crippen MR) is 27.9 cm³/mol. The van der Waals surface area contributed by atoms with Gasteiger partial charge in [-0.15, -0.1) is 0 Å². The van der Waals surface area contributed by atoms with Gasteiger partial charge in [0.15, 0.2) is 12.4 Å². The van der Waals surface area contributed by atoms with Crippen molar-refractivity contribution in [2.24, 2.45) is 0 Å². The number of carboxylic acid groups (broad SMARTS) is 1. The number of carbonyl (C=O) groups is 2. The van der Waals surface area contributed by atoms with Crippen molar-refractivity contribution in [3.05, 3.63) is 0 Å². The van der Waals surface area contributed by atoms with Gasteiger partial charge in [0.2, 0.25) is 7.85 Å². The molecule has 0 aromatic rings. The van der Waals surface area contributed by atoms with Crippen molar-refractivity contribution in [2.75, 3.05) is 6.61 Å². The quantitative estimate of drug-likeness (QED) is 0.373.